The minimum absolute atomic E-state index is 0. The van der Waals surface area contributed by atoms with Crippen molar-refractivity contribution in [3.8, 4) is 67.4 Å². The van der Waals surface area contributed by atoms with Crippen LogP contribution in [0.5, 0.6) is 0 Å². The monoisotopic (exact) mass is 1080 g/mol. The molecule has 0 saturated carbocycles. The first-order valence-electron chi connectivity index (χ1n) is 23.5. The number of aromatic nitrogens is 5. The van der Waals surface area contributed by atoms with Gasteiger partial charge < -0.3 is 19.4 Å². The normalized spacial score (nSPS) is 11.3. The molecule has 0 atom stereocenters. The average molecular weight is 1080 g/mol. The number of hydrogen-bond acceptors (Lipinski definition) is 4. The van der Waals surface area contributed by atoms with Gasteiger partial charge in [0.25, 0.3) is 0 Å². The summed E-state index contributed by atoms with van der Waals surface area (Å²) < 4.78 is 2.32. The number of imidazole rings is 1. The molecule has 6 heteroatoms. The maximum atomic E-state index is 5.44. The Morgan fingerprint density at radius 1 is 0.414 bits per heavy atom. The average Bonchev–Trinajstić information content (AvgIpc) is 3.85. The zero-order valence-corrected chi connectivity index (χ0v) is 40.6. The van der Waals surface area contributed by atoms with E-state index in [9.17, 15) is 0 Å². The summed E-state index contributed by atoms with van der Waals surface area (Å²) in [7, 11) is 0. The van der Waals surface area contributed by atoms with Crippen LogP contribution < -0.4 is 0 Å². The van der Waals surface area contributed by atoms with E-state index in [1.54, 1.807) is 0 Å². The SMILES string of the molecule is [Ir+3].[c-]1ccccc1-c1ccc(CCc2cc(CCc3ccc(-c4[c-]cccc4)nc3)cc(-c3ccccc3-c3cnc4c5[c-]cccc5c5c(-c6ccccc6)nc(-c6ccccc6)n5c4c3)c2)cn1. The van der Waals surface area contributed by atoms with Crippen molar-refractivity contribution in [1.82, 2.24) is 24.3 Å². The summed E-state index contributed by atoms with van der Waals surface area (Å²) in [5.74, 6) is 0.872. The predicted molar refractivity (Wildman–Crippen MR) is 280 cm³/mol. The first-order valence-corrected chi connectivity index (χ1v) is 23.5. The number of rotatable bonds is 12. The molecule has 5 heterocycles. The van der Waals surface area contributed by atoms with Crippen molar-refractivity contribution >= 4 is 27.3 Å². The summed E-state index contributed by atoms with van der Waals surface area (Å²) in [5.41, 5.74) is 19.2. The van der Waals surface area contributed by atoms with E-state index in [-0.39, 0.29) is 20.1 Å². The van der Waals surface area contributed by atoms with E-state index >= 15 is 0 Å². The summed E-state index contributed by atoms with van der Waals surface area (Å²) in [6.45, 7) is 0. The molecule has 334 valence electrons. The molecule has 0 radical (unpaired) electrons. The molecule has 12 aromatic rings. The number of nitrogens with zero attached hydrogens (tertiary/aromatic N) is 5. The molecule has 0 fully saturated rings. The fraction of sp³-hybridized carbons (Fsp3) is 0.0625. The molecule has 0 aliphatic carbocycles. The van der Waals surface area contributed by atoms with Gasteiger partial charge in [-0.1, -0.05) is 133 Å². The quantitative estimate of drug-likeness (QED) is 0.0904. The van der Waals surface area contributed by atoms with E-state index in [4.69, 9.17) is 19.9 Å². The number of fused-ring (bicyclic) bond motifs is 6. The van der Waals surface area contributed by atoms with Gasteiger partial charge >= 0.3 is 20.1 Å². The Bertz CT molecular complexity index is 3640. The Balaban J connectivity index is 0.00000533. The van der Waals surface area contributed by atoms with Gasteiger partial charge in [0.1, 0.15) is 5.82 Å². The largest absolute Gasteiger partial charge is 3.00 e. The van der Waals surface area contributed by atoms with Gasteiger partial charge in [-0.15, -0.1) is 101 Å². The fourth-order valence-electron chi connectivity index (χ4n) is 9.61. The van der Waals surface area contributed by atoms with Crippen LogP contribution in [0.25, 0.3) is 94.7 Å². The molecule has 5 aromatic heterocycles. The van der Waals surface area contributed by atoms with E-state index in [0.717, 1.165) is 115 Å². The zero-order chi connectivity index (χ0) is 45.9. The maximum Gasteiger partial charge on any atom is 3.00 e. The molecule has 0 unspecified atom stereocenters. The van der Waals surface area contributed by atoms with Crippen molar-refractivity contribution < 1.29 is 20.1 Å². The van der Waals surface area contributed by atoms with Crippen molar-refractivity contribution in [3.63, 3.8) is 0 Å². The van der Waals surface area contributed by atoms with E-state index in [0.29, 0.717) is 0 Å². The second-order valence-electron chi connectivity index (χ2n) is 17.5. The van der Waals surface area contributed by atoms with Crippen LogP contribution in [0.1, 0.15) is 22.3 Å². The predicted octanol–water partition coefficient (Wildman–Crippen LogP) is 14.8. The van der Waals surface area contributed by atoms with Crippen molar-refractivity contribution in [1.29, 1.82) is 0 Å². The molecule has 0 aliphatic heterocycles. The molecular formula is C64H44IrN5. The Morgan fingerprint density at radius 2 is 0.971 bits per heavy atom. The van der Waals surface area contributed by atoms with Crippen LogP contribution in [0.2, 0.25) is 0 Å². The van der Waals surface area contributed by atoms with Crippen molar-refractivity contribution in [2.24, 2.45) is 0 Å². The molecule has 0 amide bonds. The molecule has 70 heavy (non-hydrogen) atoms. The Hall–Kier alpha value is -8.15. The molecule has 0 saturated heterocycles. The molecule has 0 bridgehead atoms. The molecular weight excluding hydrogens is 1030 g/mol. The first kappa shape index (κ1) is 44.4. The van der Waals surface area contributed by atoms with Gasteiger partial charge in [-0.25, -0.2) is 4.98 Å². The van der Waals surface area contributed by atoms with Gasteiger partial charge in [0.05, 0.1) is 5.69 Å². The Kier molecular flexibility index (Phi) is 12.6. The second-order valence-corrected chi connectivity index (χ2v) is 17.5. The minimum atomic E-state index is 0. The zero-order valence-electron chi connectivity index (χ0n) is 38.2. The van der Waals surface area contributed by atoms with Crippen molar-refractivity contribution in [3.05, 3.63) is 259 Å². The maximum absolute atomic E-state index is 5.44. The van der Waals surface area contributed by atoms with Crippen molar-refractivity contribution in [2.45, 2.75) is 25.7 Å². The summed E-state index contributed by atoms with van der Waals surface area (Å²) in [4.78, 5) is 20.4. The van der Waals surface area contributed by atoms with Crippen molar-refractivity contribution in [2.75, 3.05) is 0 Å². The van der Waals surface area contributed by atoms with Crippen LogP contribution in [0.4, 0.5) is 0 Å². The summed E-state index contributed by atoms with van der Waals surface area (Å²) in [5, 5.41) is 2.03. The van der Waals surface area contributed by atoms with Gasteiger partial charge in [0, 0.05) is 51.8 Å². The number of benzene rings is 7. The molecule has 0 spiro atoms. The van der Waals surface area contributed by atoms with Crippen LogP contribution in [0.15, 0.2) is 219 Å². The smallest absolute Gasteiger partial charge is 0.307 e. The van der Waals surface area contributed by atoms with E-state index in [1.807, 2.05) is 61.1 Å². The summed E-state index contributed by atoms with van der Waals surface area (Å²) in [6, 6.07) is 80.1. The molecule has 0 N–H and O–H groups in total. The Morgan fingerprint density at radius 3 is 1.56 bits per heavy atom. The molecule has 5 nitrogen and oxygen atoms in total. The van der Waals surface area contributed by atoms with Crippen LogP contribution in [0, 0.1) is 18.2 Å². The van der Waals surface area contributed by atoms with Gasteiger partial charge in [-0.2, -0.15) is 0 Å². The number of pyridine rings is 4. The summed E-state index contributed by atoms with van der Waals surface area (Å²) >= 11 is 0. The topological polar surface area (TPSA) is 56.0 Å². The molecule has 12 rings (SSSR count). The first-order chi connectivity index (χ1) is 34.2. The standard InChI is InChI=1S/C64H44N5.Ir/c1-5-17-48(18-6-1)58-35-33-44(41-65-58)29-31-46-37-47(32-30-45-34-36-59(66-42-45)49-19-7-2-8-20-49)39-52(38-46)54-25-13-14-26-55(54)53-40-60-62(67-43-53)56-27-15-16-28-57(56)63-61(50-21-9-3-10-22-50)68-64(69(60)63)51-23-11-4-12-24-51;/h1-17,19,21-26,28,33-43H,29-32H2;/q-3;+3. The van der Waals surface area contributed by atoms with Crippen LogP contribution in [-0.2, 0) is 45.8 Å². The van der Waals surface area contributed by atoms with Crippen LogP contribution >= 0.6 is 0 Å². The number of aryl methyl sites for hydroxylation is 4. The summed E-state index contributed by atoms with van der Waals surface area (Å²) in [6.07, 6.45) is 9.53. The fourth-order valence-corrected chi connectivity index (χ4v) is 9.61. The van der Waals surface area contributed by atoms with E-state index < -0.39 is 0 Å². The third-order valence-corrected chi connectivity index (χ3v) is 13.0. The van der Waals surface area contributed by atoms with Crippen LogP contribution in [0.3, 0.4) is 0 Å². The minimum Gasteiger partial charge on any atom is -0.307 e. The van der Waals surface area contributed by atoms with Gasteiger partial charge in [-0.3, -0.25) is 0 Å². The van der Waals surface area contributed by atoms with E-state index in [2.05, 4.69) is 180 Å². The Labute approximate surface area is 421 Å². The third kappa shape index (κ3) is 8.87. The molecule has 0 aliphatic rings. The van der Waals surface area contributed by atoms with Crippen LogP contribution in [-0.4, -0.2) is 24.3 Å². The number of hydrogen-bond donors (Lipinski definition) is 0. The van der Waals surface area contributed by atoms with E-state index in [1.165, 1.54) is 27.8 Å². The van der Waals surface area contributed by atoms with Gasteiger partial charge in [-0.05, 0) is 82.1 Å². The van der Waals surface area contributed by atoms with Gasteiger partial charge in [0.2, 0.25) is 0 Å². The third-order valence-electron chi connectivity index (χ3n) is 13.0. The van der Waals surface area contributed by atoms with Gasteiger partial charge in [0.15, 0.2) is 0 Å². The second kappa shape index (κ2) is 19.8. The molecule has 7 aromatic carbocycles.